The van der Waals surface area contributed by atoms with Crippen LogP contribution in [0.4, 0.5) is 10.9 Å². The molecule has 1 saturated heterocycles. The van der Waals surface area contributed by atoms with Gasteiger partial charge in [0.25, 0.3) is 0 Å². The van der Waals surface area contributed by atoms with E-state index >= 15 is 0 Å². The molecule has 1 fully saturated rings. The van der Waals surface area contributed by atoms with Crippen LogP contribution < -0.4 is 5.32 Å². The minimum atomic E-state index is -0.0309. The Hall–Kier alpha value is -2.06. The Bertz CT molecular complexity index is 748. The molecule has 1 N–H and O–H groups in total. The molecule has 1 amide bonds. The van der Waals surface area contributed by atoms with Crippen molar-refractivity contribution < 1.29 is 9.53 Å². The minimum absolute atomic E-state index is 0.00789. The van der Waals surface area contributed by atoms with Crippen molar-refractivity contribution in [3.63, 3.8) is 0 Å². The Morgan fingerprint density at radius 3 is 2.96 bits per heavy atom. The third kappa shape index (κ3) is 4.32. The summed E-state index contributed by atoms with van der Waals surface area (Å²) >= 11 is 1.58. The van der Waals surface area contributed by atoms with Crippen LogP contribution in [0.5, 0.6) is 0 Å². The number of aromatic nitrogens is 3. The molecule has 0 aliphatic carbocycles. The number of carbonyl (C=O) groups excluding carboxylic acids is 1. The predicted octanol–water partition coefficient (Wildman–Crippen LogP) is 2.99. The molecule has 0 bridgehead atoms. The zero-order valence-electron chi connectivity index (χ0n) is 14.8. The summed E-state index contributed by atoms with van der Waals surface area (Å²) in [5, 5.41) is 4.05. The lowest BCUT2D eigenvalue weighted by molar-refractivity contribution is -0.139. The van der Waals surface area contributed by atoms with Crippen LogP contribution in [0.1, 0.15) is 41.7 Å². The van der Waals surface area contributed by atoms with Crippen molar-refractivity contribution in [2.45, 2.75) is 39.2 Å². The summed E-state index contributed by atoms with van der Waals surface area (Å²) in [6, 6.07) is 1.89. The fourth-order valence-corrected chi connectivity index (χ4v) is 3.76. The van der Waals surface area contributed by atoms with Gasteiger partial charge in [0, 0.05) is 30.8 Å². The van der Waals surface area contributed by atoms with E-state index in [1.165, 1.54) is 0 Å². The Morgan fingerprint density at radius 2 is 2.24 bits per heavy atom. The van der Waals surface area contributed by atoms with Crippen molar-refractivity contribution >= 4 is 28.2 Å². The van der Waals surface area contributed by atoms with E-state index in [-0.39, 0.29) is 18.6 Å². The molecular weight excluding hydrogens is 338 g/mol. The van der Waals surface area contributed by atoms with Crippen molar-refractivity contribution in [3.05, 3.63) is 28.7 Å². The number of rotatable bonds is 5. The Balaban J connectivity index is 1.85. The lowest BCUT2D eigenvalue weighted by Gasteiger charge is -2.35. The van der Waals surface area contributed by atoms with Crippen LogP contribution in [0.2, 0.25) is 0 Å². The molecule has 1 aliphatic rings. The molecule has 0 spiro atoms. The van der Waals surface area contributed by atoms with Gasteiger partial charge in [-0.15, -0.1) is 11.3 Å². The lowest BCUT2D eigenvalue weighted by atomic mass is 9.99. The third-order valence-electron chi connectivity index (χ3n) is 4.15. The highest BCUT2D eigenvalue weighted by molar-refractivity contribution is 7.15. The summed E-state index contributed by atoms with van der Waals surface area (Å²) in [6.07, 6.45) is 4.83. The quantitative estimate of drug-likeness (QED) is 0.882. The van der Waals surface area contributed by atoms with Crippen LogP contribution in [0, 0.1) is 13.8 Å². The largest absolute Gasteiger partial charge is 0.375 e. The molecule has 0 aromatic carbocycles. The van der Waals surface area contributed by atoms with Crippen molar-refractivity contribution in [2.75, 3.05) is 25.6 Å². The number of anilines is 2. The number of nitrogens with zero attached hydrogens (tertiary/aromatic N) is 4. The van der Waals surface area contributed by atoms with Crippen molar-refractivity contribution in [2.24, 2.45) is 0 Å². The van der Waals surface area contributed by atoms with Crippen LogP contribution in [0.15, 0.2) is 12.3 Å². The fraction of sp³-hybridized carbons (Fsp3) is 0.529. The molecule has 2 aromatic rings. The van der Waals surface area contributed by atoms with Gasteiger partial charge in [-0.1, -0.05) is 0 Å². The van der Waals surface area contributed by atoms with Crippen LogP contribution in [0.3, 0.4) is 0 Å². The highest BCUT2D eigenvalue weighted by atomic mass is 32.1. The molecule has 3 rings (SSSR count). The maximum atomic E-state index is 12.4. The van der Waals surface area contributed by atoms with E-state index in [1.807, 2.05) is 31.0 Å². The Labute approximate surface area is 151 Å². The molecule has 1 aliphatic heterocycles. The normalized spacial score (nSPS) is 17.6. The summed E-state index contributed by atoms with van der Waals surface area (Å²) in [4.78, 5) is 28.8. The van der Waals surface area contributed by atoms with Crippen molar-refractivity contribution in [1.82, 2.24) is 19.9 Å². The van der Waals surface area contributed by atoms with Crippen LogP contribution in [-0.2, 0) is 9.53 Å². The van der Waals surface area contributed by atoms with E-state index in [2.05, 4.69) is 20.3 Å². The molecule has 0 radical (unpaired) electrons. The maximum Gasteiger partial charge on any atom is 0.249 e. The van der Waals surface area contributed by atoms with Crippen LogP contribution >= 0.6 is 11.3 Å². The smallest absolute Gasteiger partial charge is 0.249 e. The first-order valence-corrected chi connectivity index (χ1v) is 9.22. The van der Waals surface area contributed by atoms with Gasteiger partial charge in [0.1, 0.15) is 18.2 Å². The topological polar surface area (TPSA) is 80.2 Å². The SMILES string of the molecule is COCC(=O)N1CCCCC1c1cc(Nc2ncc(C)s2)nc(C)n1. The van der Waals surface area contributed by atoms with Gasteiger partial charge in [-0.25, -0.2) is 15.0 Å². The number of piperidine rings is 1. The molecule has 25 heavy (non-hydrogen) atoms. The number of hydrogen-bond acceptors (Lipinski definition) is 7. The summed E-state index contributed by atoms with van der Waals surface area (Å²) in [5.41, 5.74) is 0.868. The second-order valence-electron chi connectivity index (χ2n) is 6.16. The number of ether oxygens (including phenoxy) is 1. The van der Waals surface area contributed by atoms with Gasteiger partial charge in [-0.05, 0) is 33.1 Å². The summed E-state index contributed by atoms with van der Waals surface area (Å²) < 4.78 is 5.03. The van der Waals surface area contributed by atoms with Gasteiger partial charge in [0.2, 0.25) is 5.91 Å². The number of nitrogens with one attached hydrogen (secondary N) is 1. The van der Waals surface area contributed by atoms with E-state index in [9.17, 15) is 4.79 Å². The zero-order valence-corrected chi connectivity index (χ0v) is 15.6. The van der Waals surface area contributed by atoms with Gasteiger partial charge in [-0.3, -0.25) is 4.79 Å². The summed E-state index contributed by atoms with van der Waals surface area (Å²) in [7, 11) is 1.55. The number of amides is 1. The number of thiazole rings is 1. The van der Waals surface area contributed by atoms with E-state index in [0.29, 0.717) is 11.6 Å². The average molecular weight is 361 g/mol. The van der Waals surface area contributed by atoms with Gasteiger partial charge >= 0.3 is 0 Å². The second kappa shape index (κ2) is 7.88. The second-order valence-corrected chi connectivity index (χ2v) is 7.39. The fourth-order valence-electron chi connectivity index (χ4n) is 3.09. The number of methoxy groups -OCH3 is 1. The molecule has 1 unspecified atom stereocenters. The Kier molecular flexibility index (Phi) is 5.60. The summed E-state index contributed by atoms with van der Waals surface area (Å²) in [5.74, 6) is 1.40. The van der Waals surface area contributed by atoms with Crippen LogP contribution in [-0.4, -0.2) is 46.0 Å². The molecule has 134 valence electrons. The van der Waals surface area contributed by atoms with Gasteiger partial charge in [0.05, 0.1) is 11.7 Å². The first kappa shape index (κ1) is 17.8. The van der Waals surface area contributed by atoms with Crippen molar-refractivity contribution in [1.29, 1.82) is 0 Å². The molecular formula is C17H23N5O2S. The van der Waals surface area contributed by atoms with Gasteiger partial charge < -0.3 is 15.0 Å². The first-order valence-electron chi connectivity index (χ1n) is 8.40. The molecule has 1 atom stereocenters. The van der Waals surface area contributed by atoms with Gasteiger partial charge in [-0.2, -0.15) is 0 Å². The monoisotopic (exact) mass is 361 g/mol. The summed E-state index contributed by atoms with van der Waals surface area (Å²) in [6.45, 7) is 4.72. The predicted molar refractivity (Wildman–Crippen MR) is 97.1 cm³/mol. The first-order chi connectivity index (χ1) is 12.1. The highest BCUT2D eigenvalue weighted by Crippen LogP contribution is 2.31. The number of aryl methyl sites for hydroxylation is 2. The van der Waals surface area contributed by atoms with E-state index in [1.54, 1.807) is 18.4 Å². The highest BCUT2D eigenvalue weighted by Gasteiger charge is 2.29. The number of carbonyl (C=O) groups is 1. The number of hydrogen-bond donors (Lipinski definition) is 1. The zero-order chi connectivity index (χ0) is 17.8. The number of likely N-dealkylation sites (tertiary alicyclic amines) is 1. The molecule has 0 saturated carbocycles. The molecule has 2 aromatic heterocycles. The van der Waals surface area contributed by atoms with E-state index in [0.717, 1.165) is 41.5 Å². The van der Waals surface area contributed by atoms with Gasteiger partial charge in [0.15, 0.2) is 5.13 Å². The minimum Gasteiger partial charge on any atom is -0.375 e. The lowest BCUT2D eigenvalue weighted by Crippen LogP contribution is -2.40. The maximum absolute atomic E-state index is 12.4. The average Bonchev–Trinajstić information content (AvgIpc) is 2.99. The Morgan fingerprint density at radius 1 is 1.40 bits per heavy atom. The van der Waals surface area contributed by atoms with E-state index in [4.69, 9.17) is 4.74 Å². The molecule has 8 heteroatoms. The standard InChI is InChI=1S/C17H23N5O2S/c1-11-9-18-17(25-11)21-15-8-13(19-12(2)20-15)14-6-4-5-7-22(14)16(23)10-24-3/h8-9,14H,4-7,10H2,1-3H3,(H,18,19,20,21). The molecule has 3 heterocycles. The van der Waals surface area contributed by atoms with E-state index < -0.39 is 0 Å². The third-order valence-corrected chi connectivity index (χ3v) is 4.97. The van der Waals surface area contributed by atoms with Crippen LogP contribution in [0.25, 0.3) is 0 Å². The molecule has 7 nitrogen and oxygen atoms in total. The van der Waals surface area contributed by atoms with Crippen molar-refractivity contribution in [3.8, 4) is 0 Å².